The van der Waals surface area contributed by atoms with Crippen molar-refractivity contribution >= 4 is 30.3 Å². The molecule has 3 aliphatic rings. The summed E-state index contributed by atoms with van der Waals surface area (Å²) in [5.41, 5.74) is -0.815. The monoisotopic (exact) mass is 344 g/mol. The number of halogens is 1. The maximum Gasteiger partial charge on any atom is 0.325 e. The van der Waals surface area contributed by atoms with Crippen LogP contribution >= 0.6 is 12.4 Å². The minimum absolute atomic E-state index is 0. The Labute approximate surface area is 142 Å². The number of amides is 4. The van der Waals surface area contributed by atoms with Gasteiger partial charge in [0.1, 0.15) is 12.1 Å². The quantitative estimate of drug-likeness (QED) is 0.623. The molecule has 7 nitrogen and oxygen atoms in total. The Bertz CT molecular complexity index is 491. The van der Waals surface area contributed by atoms with Crippen LogP contribution < -0.4 is 16.0 Å². The van der Waals surface area contributed by atoms with Crippen molar-refractivity contribution in [3.63, 3.8) is 0 Å². The molecule has 0 aromatic heterocycles. The Kier molecular flexibility index (Phi) is 5.52. The number of rotatable bonds is 5. The van der Waals surface area contributed by atoms with Crippen molar-refractivity contribution in [2.75, 3.05) is 26.2 Å². The van der Waals surface area contributed by atoms with E-state index in [1.54, 1.807) is 6.92 Å². The fourth-order valence-corrected chi connectivity index (χ4v) is 3.35. The van der Waals surface area contributed by atoms with E-state index in [4.69, 9.17) is 0 Å². The molecular formula is C15H25ClN4O3. The largest absolute Gasteiger partial charge is 0.354 e. The van der Waals surface area contributed by atoms with Gasteiger partial charge in [0.2, 0.25) is 5.91 Å². The molecule has 2 saturated heterocycles. The molecule has 3 N–H and O–H groups in total. The number of carbonyl (C=O) groups is 3. The lowest BCUT2D eigenvalue weighted by Crippen LogP contribution is -2.47. The van der Waals surface area contributed by atoms with Crippen LogP contribution in [0.1, 0.15) is 32.6 Å². The van der Waals surface area contributed by atoms with Crippen LogP contribution in [-0.2, 0) is 9.59 Å². The van der Waals surface area contributed by atoms with Gasteiger partial charge in [-0.05, 0) is 57.5 Å². The lowest BCUT2D eigenvalue weighted by atomic mass is 9.96. The molecule has 1 aliphatic carbocycles. The molecule has 130 valence electrons. The number of piperidine rings is 1. The summed E-state index contributed by atoms with van der Waals surface area (Å²) in [4.78, 5) is 37.5. The van der Waals surface area contributed by atoms with Crippen LogP contribution in [0.25, 0.3) is 0 Å². The van der Waals surface area contributed by atoms with Crippen LogP contribution in [-0.4, -0.2) is 54.5 Å². The molecule has 2 atom stereocenters. The van der Waals surface area contributed by atoms with E-state index < -0.39 is 11.6 Å². The number of imide groups is 1. The van der Waals surface area contributed by atoms with Gasteiger partial charge in [0.15, 0.2) is 0 Å². The lowest BCUT2D eigenvalue weighted by molar-refractivity contribution is -0.135. The van der Waals surface area contributed by atoms with Crippen molar-refractivity contribution < 1.29 is 14.4 Å². The number of nitrogens with one attached hydrogen (secondary N) is 3. The first kappa shape index (κ1) is 18.0. The zero-order valence-corrected chi connectivity index (χ0v) is 14.2. The molecule has 0 radical (unpaired) electrons. The second kappa shape index (κ2) is 7.05. The summed E-state index contributed by atoms with van der Waals surface area (Å²) in [6.45, 7) is 4.11. The smallest absolute Gasteiger partial charge is 0.325 e. The summed E-state index contributed by atoms with van der Waals surface area (Å²) in [6.07, 6.45) is 4.12. The number of nitrogens with zero attached hydrogens (tertiary/aromatic N) is 1. The van der Waals surface area contributed by atoms with E-state index in [9.17, 15) is 14.4 Å². The minimum Gasteiger partial charge on any atom is -0.354 e. The van der Waals surface area contributed by atoms with Crippen LogP contribution in [0.4, 0.5) is 4.79 Å². The normalized spacial score (nSPS) is 30.7. The summed E-state index contributed by atoms with van der Waals surface area (Å²) in [7, 11) is 0. The van der Waals surface area contributed by atoms with E-state index >= 15 is 0 Å². The number of hydrogen-bond donors (Lipinski definition) is 3. The summed E-state index contributed by atoms with van der Waals surface area (Å²) < 4.78 is 0. The topological polar surface area (TPSA) is 90.5 Å². The van der Waals surface area contributed by atoms with E-state index in [1.807, 2.05) is 0 Å². The highest BCUT2D eigenvalue weighted by molar-refractivity contribution is 6.09. The molecule has 3 fully saturated rings. The third kappa shape index (κ3) is 3.77. The summed E-state index contributed by atoms with van der Waals surface area (Å²) >= 11 is 0. The van der Waals surface area contributed by atoms with E-state index in [2.05, 4.69) is 16.0 Å². The molecule has 0 aromatic rings. The molecule has 2 heterocycles. The van der Waals surface area contributed by atoms with Gasteiger partial charge < -0.3 is 16.0 Å². The fraction of sp³-hybridized carbons (Fsp3) is 0.800. The molecule has 8 heteroatoms. The average molecular weight is 345 g/mol. The lowest BCUT2D eigenvalue weighted by Gasteiger charge is -2.23. The van der Waals surface area contributed by atoms with E-state index in [1.165, 1.54) is 0 Å². The zero-order valence-electron chi connectivity index (χ0n) is 13.4. The van der Waals surface area contributed by atoms with Crippen LogP contribution in [0.5, 0.6) is 0 Å². The number of urea groups is 1. The van der Waals surface area contributed by atoms with Crippen molar-refractivity contribution in [3.8, 4) is 0 Å². The SMILES string of the molecule is CC1(C2CC2)NC(=O)N(CC(=O)NCC2CCCNC2)C1=O.Cl. The van der Waals surface area contributed by atoms with Crippen molar-refractivity contribution in [1.29, 1.82) is 0 Å². The molecule has 4 amide bonds. The molecular weight excluding hydrogens is 320 g/mol. The van der Waals surface area contributed by atoms with Gasteiger partial charge in [-0.25, -0.2) is 4.79 Å². The summed E-state index contributed by atoms with van der Waals surface area (Å²) in [6, 6.07) is -0.450. The van der Waals surface area contributed by atoms with E-state index in [-0.39, 0.29) is 36.7 Å². The summed E-state index contributed by atoms with van der Waals surface area (Å²) in [5.74, 6) is 0.103. The molecule has 3 rings (SSSR count). The number of carbonyl (C=O) groups excluding carboxylic acids is 3. The standard InChI is InChI=1S/C15H24N4O3.ClH/c1-15(11-4-5-11)13(21)19(14(22)18-15)9-12(20)17-8-10-3-2-6-16-7-10;/h10-11,16H,2-9H2,1H3,(H,17,20)(H,18,22);1H. The van der Waals surface area contributed by atoms with Gasteiger partial charge in [-0.3, -0.25) is 14.5 Å². The van der Waals surface area contributed by atoms with Gasteiger partial charge in [-0.15, -0.1) is 12.4 Å². The molecule has 23 heavy (non-hydrogen) atoms. The third-order valence-electron chi connectivity index (χ3n) is 4.98. The van der Waals surface area contributed by atoms with E-state index in [0.717, 1.165) is 43.7 Å². The van der Waals surface area contributed by atoms with Gasteiger partial charge >= 0.3 is 6.03 Å². The molecule has 2 unspecified atom stereocenters. The van der Waals surface area contributed by atoms with E-state index in [0.29, 0.717) is 12.5 Å². The van der Waals surface area contributed by atoms with Crippen molar-refractivity contribution in [1.82, 2.24) is 20.9 Å². The first-order valence-corrected chi connectivity index (χ1v) is 8.12. The van der Waals surface area contributed by atoms with Crippen LogP contribution in [0.2, 0.25) is 0 Å². The molecule has 1 saturated carbocycles. The first-order valence-electron chi connectivity index (χ1n) is 8.12. The van der Waals surface area contributed by atoms with Crippen LogP contribution in [0.3, 0.4) is 0 Å². The maximum absolute atomic E-state index is 12.4. The Balaban J connectivity index is 0.00000192. The van der Waals surface area contributed by atoms with Gasteiger partial charge in [0.25, 0.3) is 5.91 Å². The third-order valence-corrected chi connectivity index (χ3v) is 4.98. The maximum atomic E-state index is 12.4. The Morgan fingerprint density at radius 2 is 2.09 bits per heavy atom. The second-order valence-corrected chi connectivity index (χ2v) is 6.81. The highest BCUT2D eigenvalue weighted by Gasteiger charge is 2.56. The minimum atomic E-state index is -0.815. The summed E-state index contributed by atoms with van der Waals surface area (Å²) in [5, 5.41) is 8.89. The number of hydrogen-bond acceptors (Lipinski definition) is 4. The molecule has 0 spiro atoms. The Morgan fingerprint density at radius 1 is 1.35 bits per heavy atom. The first-order chi connectivity index (χ1) is 10.5. The fourth-order valence-electron chi connectivity index (χ4n) is 3.35. The van der Waals surface area contributed by atoms with Crippen LogP contribution in [0, 0.1) is 11.8 Å². The van der Waals surface area contributed by atoms with Crippen LogP contribution in [0.15, 0.2) is 0 Å². The van der Waals surface area contributed by atoms with Crippen molar-refractivity contribution in [3.05, 3.63) is 0 Å². The van der Waals surface area contributed by atoms with Crippen molar-refractivity contribution in [2.45, 2.75) is 38.1 Å². The highest BCUT2D eigenvalue weighted by atomic mass is 35.5. The van der Waals surface area contributed by atoms with Gasteiger partial charge in [0, 0.05) is 6.54 Å². The Hall–Kier alpha value is -1.34. The second-order valence-electron chi connectivity index (χ2n) is 6.81. The zero-order chi connectivity index (χ0) is 15.7. The molecule has 2 aliphatic heterocycles. The predicted octanol–water partition coefficient (Wildman–Crippen LogP) is 0.245. The molecule has 0 bridgehead atoms. The van der Waals surface area contributed by atoms with Gasteiger partial charge in [-0.1, -0.05) is 0 Å². The Morgan fingerprint density at radius 3 is 2.70 bits per heavy atom. The van der Waals surface area contributed by atoms with Gasteiger partial charge in [0.05, 0.1) is 0 Å². The average Bonchev–Trinajstić information content (AvgIpc) is 3.33. The molecule has 0 aromatic carbocycles. The highest BCUT2D eigenvalue weighted by Crippen LogP contribution is 2.42. The van der Waals surface area contributed by atoms with Crippen molar-refractivity contribution in [2.24, 2.45) is 11.8 Å². The van der Waals surface area contributed by atoms with Gasteiger partial charge in [-0.2, -0.15) is 0 Å². The predicted molar refractivity (Wildman–Crippen MR) is 87.2 cm³/mol.